The van der Waals surface area contributed by atoms with Crippen LogP contribution in [0.3, 0.4) is 0 Å². The molecule has 4 N–H and O–H groups in total. The highest BCUT2D eigenvalue weighted by Gasteiger charge is 2.45. The van der Waals surface area contributed by atoms with E-state index in [-0.39, 0.29) is 18.7 Å². The summed E-state index contributed by atoms with van der Waals surface area (Å²) in [5.74, 6) is -1.49. The van der Waals surface area contributed by atoms with Crippen molar-refractivity contribution < 1.29 is 19.2 Å². The van der Waals surface area contributed by atoms with E-state index in [2.05, 4.69) is 10.6 Å². The zero-order chi connectivity index (χ0) is 20.5. The fourth-order valence-electron chi connectivity index (χ4n) is 4.73. The van der Waals surface area contributed by atoms with E-state index in [9.17, 15) is 19.2 Å². The molecular formula is C21H26N4O4. The van der Waals surface area contributed by atoms with Crippen LogP contribution in [0.4, 0.5) is 0 Å². The minimum Gasteiger partial charge on any atom is -0.330 e. The van der Waals surface area contributed by atoms with Gasteiger partial charge in [0.15, 0.2) is 0 Å². The molecule has 2 aliphatic heterocycles. The maximum absolute atomic E-state index is 13.1. The molecule has 1 aromatic carbocycles. The summed E-state index contributed by atoms with van der Waals surface area (Å²) in [5, 5.41) is 5.75. The second-order valence-corrected chi connectivity index (χ2v) is 8.05. The molecule has 1 saturated heterocycles. The normalized spacial score (nSPS) is 27.2. The number of nitrogens with one attached hydrogen (secondary N) is 2. The lowest BCUT2D eigenvalue weighted by Gasteiger charge is -2.31. The first-order valence-electron chi connectivity index (χ1n) is 10.3. The Kier molecular flexibility index (Phi) is 5.47. The molecule has 3 aliphatic rings. The number of fused-ring (bicyclic) bond motifs is 1. The summed E-state index contributed by atoms with van der Waals surface area (Å²) in [6.07, 6.45) is 4.76. The molecule has 1 aromatic rings. The third-order valence-corrected chi connectivity index (χ3v) is 6.32. The van der Waals surface area contributed by atoms with E-state index >= 15 is 0 Å². The Balaban J connectivity index is 1.55. The van der Waals surface area contributed by atoms with E-state index in [1.54, 1.807) is 12.1 Å². The molecule has 8 heteroatoms. The van der Waals surface area contributed by atoms with E-state index in [0.717, 1.165) is 29.7 Å². The smallest absolute Gasteiger partial charge is 0.262 e. The number of carbonyl (C=O) groups is 4. The van der Waals surface area contributed by atoms with Crippen LogP contribution in [-0.4, -0.2) is 47.2 Å². The molecule has 1 aliphatic carbocycles. The van der Waals surface area contributed by atoms with Crippen molar-refractivity contribution in [1.82, 2.24) is 15.5 Å². The number of nitrogens with zero attached hydrogens (tertiary/aromatic N) is 1. The van der Waals surface area contributed by atoms with E-state index in [1.165, 1.54) is 6.42 Å². The fourth-order valence-corrected chi connectivity index (χ4v) is 4.73. The SMILES string of the molecule is NC[C@@H]1CCCC[C@@H]1NCc1cccc2c1C(=O)N(C1CCC(=O)NC1=O)C2=O. The fraction of sp³-hybridized carbons (Fsp3) is 0.524. The lowest BCUT2D eigenvalue weighted by molar-refractivity contribution is -0.136. The van der Waals surface area contributed by atoms with Crippen LogP contribution >= 0.6 is 0 Å². The second kappa shape index (κ2) is 8.04. The minimum absolute atomic E-state index is 0.111. The highest BCUT2D eigenvalue weighted by Crippen LogP contribution is 2.30. The second-order valence-electron chi connectivity index (χ2n) is 8.05. The molecular weight excluding hydrogens is 372 g/mol. The summed E-state index contributed by atoms with van der Waals surface area (Å²) in [6.45, 7) is 1.10. The third-order valence-electron chi connectivity index (χ3n) is 6.32. The summed E-state index contributed by atoms with van der Waals surface area (Å²) in [4.78, 5) is 50.7. The number of benzene rings is 1. The van der Waals surface area contributed by atoms with Crippen molar-refractivity contribution in [2.24, 2.45) is 11.7 Å². The van der Waals surface area contributed by atoms with Crippen LogP contribution in [0.25, 0.3) is 0 Å². The molecule has 1 unspecified atom stereocenters. The van der Waals surface area contributed by atoms with Crippen LogP contribution < -0.4 is 16.4 Å². The van der Waals surface area contributed by atoms with Crippen LogP contribution in [0.15, 0.2) is 18.2 Å². The van der Waals surface area contributed by atoms with Crippen molar-refractivity contribution in [3.63, 3.8) is 0 Å². The van der Waals surface area contributed by atoms with Crippen LogP contribution in [0.1, 0.15) is 64.8 Å². The molecule has 0 bridgehead atoms. The highest BCUT2D eigenvalue weighted by molar-refractivity contribution is 6.24. The Morgan fingerprint density at radius 2 is 1.86 bits per heavy atom. The van der Waals surface area contributed by atoms with E-state index in [1.807, 2.05) is 6.07 Å². The molecule has 0 spiro atoms. The number of rotatable bonds is 5. The molecule has 4 amide bonds. The summed E-state index contributed by atoms with van der Waals surface area (Å²) in [5.41, 5.74) is 7.33. The number of nitrogens with two attached hydrogens (primary N) is 1. The van der Waals surface area contributed by atoms with Gasteiger partial charge in [-0.1, -0.05) is 25.0 Å². The first-order chi connectivity index (χ1) is 14.0. The molecule has 29 heavy (non-hydrogen) atoms. The predicted molar refractivity (Wildman–Crippen MR) is 105 cm³/mol. The van der Waals surface area contributed by atoms with Gasteiger partial charge in [0.2, 0.25) is 11.8 Å². The average molecular weight is 398 g/mol. The van der Waals surface area contributed by atoms with Crippen molar-refractivity contribution in [1.29, 1.82) is 0 Å². The quantitative estimate of drug-likeness (QED) is 0.628. The van der Waals surface area contributed by atoms with Crippen molar-refractivity contribution in [2.45, 2.75) is 57.2 Å². The van der Waals surface area contributed by atoms with Gasteiger partial charge in [0.1, 0.15) is 6.04 Å². The van der Waals surface area contributed by atoms with Crippen molar-refractivity contribution >= 4 is 23.6 Å². The maximum Gasteiger partial charge on any atom is 0.262 e. The molecule has 4 rings (SSSR count). The highest BCUT2D eigenvalue weighted by atomic mass is 16.2. The van der Waals surface area contributed by atoms with Gasteiger partial charge in [-0.15, -0.1) is 0 Å². The van der Waals surface area contributed by atoms with E-state index in [4.69, 9.17) is 5.73 Å². The summed E-state index contributed by atoms with van der Waals surface area (Å²) in [7, 11) is 0. The van der Waals surface area contributed by atoms with Crippen molar-refractivity contribution in [3.05, 3.63) is 34.9 Å². The van der Waals surface area contributed by atoms with Crippen LogP contribution in [0, 0.1) is 5.92 Å². The molecule has 2 fully saturated rings. The zero-order valence-electron chi connectivity index (χ0n) is 16.3. The van der Waals surface area contributed by atoms with Crippen LogP contribution in [0.5, 0.6) is 0 Å². The molecule has 2 heterocycles. The Labute approximate surface area is 169 Å². The first-order valence-corrected chi connectivity index (χ1v) is 10.3. The van der Waals surface area contributed by atoms with Gasteiger partial charge in [-0.25, -0.2) is 0 Å². The number of piperidine rings is 1. The average Bonchev–Trinajstić information content (AvgIpc) is 2.98. The minimum atomic E-state index is -0.944. The number of hydrogen-bond donors (Lipinski definition) is 3. The topological polar surface area (TPSA) is 122 Å². The summed E-state index contributed by atoms with van der Waals surface area (Å²) < 4.78 is 0. The van der Waals surface area contributed by atoms with E-state index in [0.29, 0.717) is 36.2 Å². The lowest BCUT2D eigenvalue weighted by atomic mass is 9.84. The van der Waals surface area contributed by atoms with Gasteiger partial charge in [0.05, 0.1) is 11.1 Å². The Morgan fingerprint density at radius 3 is 2.62 bits per heavy atom. The third kappa shape index (κ3) is 3.58. The van der Waals surface area contributed by atoms with Gasteiger partial charge in [-0.05, 0) is 43.4 Å². The van der Waals surface area contributed by atoms with Gasteiger partial charge in [0.25, 0.3) is 11.8 Å². The first kappa shape index (κ1) is 19.7. The monoisotopic (exact) mass is 398 g/mol. The molecule has 3 atom stereocenters. The number of carbonyl (C=O) groups excluding carboxylic acids is 4. The maximum atomic E-state index is 13.1. The molecule has 0 radical (unpaired) electrons. The Hall–Kier alpha value is -2.58. The number of amides is 4. The Bertz CT molecular complexity index is 868. The van der Waals surface area contributed by atoms with Gasteiger partial charge >= 0.3 is 0 Å². The number of hydrogen-bond acceptors (Lipinski definition) is 6. The summed E-state index contributed by atoms with van der Waals surface area (Å²) >= 11 is 0. The van der Waals surface area contributed by atoms with Gasteiger partial charge < -0.3 is 11.1 Å². The van der Waals surface area contributed by atoms with Crippen LogP contribution in [-0.2, 0) is 16.1 Å². The van der Waals surface area contributed by atoms with Crippen molar-refractivity contribution in [3.8, 4) is 0 Å². The molecule has 8 nitrogen and oxygen atoms in total. The van der Waals surface area contributed by atoms with Crippen LogP contribution in [0.2, 0.25) is 0 Å². The number of imide groups is 2. The summed E-state index contributed by atoms with van der Waals surface area (Å²) in [6, 6.07) is 4.57. The molecule has 1 saturated carbocycles. The standard InChI is InChI=1S/C21H26N4O4/c22-10-12-4-1-2-7-15(12)23-11-13-5-3-6-14-18(13)21(29)25(20(14)28)16-8-9-17(26)24-19(16)27/h3,5-6,12,15-16,23H,1-2,4,7-11,22H2,(H,24,26,27)/t12-,15-,16?/m0/s1. The predicted octanol–water partition coefficient (Wildman–Crippen LogP) is 0.695. The van der Waals surface area contributed by atoms with Crippen molar-refractivity contribution in [2.75, 3.05) is 6.54 Å². The van der Waals surface area contributed by atoms with Gasteiger partial charge in [-0.2, -0.15) is 0 Å². The Morgan fingerprint density at radius 1 is 1.07 bits per heavy atom. The lowest BCUT2D eigenvalue weighted by Crippen LogP contribution is -2.54. The zero-order valence-corrected chi connectivity index (χ0v) is 16.3. The van der Waals surface area contributed by atoms with Gasteiger partial charge in [-0.3, -0.25) is 29.4 Å². The van der Waals surface area contributed by atoms with Gasteiger partial charge in [0, 0.05) is 19.0 Å². The molecule has 154 valence electrons. The molecule has 0 aromatic heterocycles. The van der Waals surface area contributed by atoms with E-state index < -0.39 is 23.8 Å². The largest absolute Gasteiger partial charge is 0.330 e.